The molecule has 31 heavy (non-hydrogen) atoms. The highest BCUT2D eigenvalue weighted by Crippen LogP contribution is 2.32. The van der Waals surface area contributed by atoms with Crippen molar-refractivity contribution in [2.45, 2.75) is 31.5 Å². The van der Waals surface area contributed by atoms with E-state index in [9.17, 15) is 9.90 Å². The SMILES string of the molecule is COc1ccc(O[C@@H]2CCN(C(=O)c3ccc(N4CCCC4)cc3)C[C@H]2O)cc1OC. The van der Waals surface area contributed by atoms with E-state index in [2.05, 4.69) is 4.90 Å². The van der Waals surface area contributed by atoms with Crippen molar-refractivity contribution in [1.29, 1.82) is 0 Å². The van der Waals surface area contributed by atoms with Gasteiger partial charge in [0.05, 0.1) is 20.8 Å². The summed E-state index contributed by atoms with van der Waals surface area (Å²) in [5.74, 6) is 1.72. The summed E-state index contributed by atoms with van der Waals surface area (Å²) >= 11 is 0. The summed E-state index contributed by atoms with van der Waals surface area (Å²) in [5, 5.41) is 10.6. The molecule has 7 nitrogen and oxygen atoms in total. The van der Waals surface area contributed by atoms with E-state index in [1.165, 1.54) is 12.8 Å². The summed E-state index contributed by atoms with van der Waals surface area (Å²) < 4.78 is 16.5. The highest BCUT2D eigenvalue weighted by atomic mass is 16.5. The van der Waals surface area contributed by atoms with Crippen LogP contribution in [0.25, 0.3) is 0 Å². The van der Waals surface area contributed by atoms with Gasteiger partial charge >= 0.3 is 0 Å². The molecular weight excluding hydrogens is 396 g/mol. The number of hydrogen-bond donors (Lipinski definition) is 1. The predicted octanol–water partition coefficient (Wildman–Crippen LogP) is 2.96. The second kappa shape index (κ2) is 9.47. The molecule has 0 saturated carbocycles. The number of hydrogen-bond acceptors (Lipinski definition) is 6. The fraction of sp³-hybridized carbons (Fsp3) is 0.458. The first-order valence-electron chi connectivity index (χ1n) is 10.8. The lowest BCUT2D eigenvalue weighted by Gasteiger charge is -2.36. The molecule has 2 heterocycles. The third kappa shape index (κ3) is 4.71. The van der Waals surface area contributed by atoms with Crippen LogP contribution in [0, 0.1) is 0 Å². The number of carbonyl (C=O) groups excluding carboxylic acids is 1. The average Bonchev–Trinajstić information content (AvgIpc) is 3.35. The Morgan fingerprint density at radius 3 is 2.32 bits per heavy atom. The summed E-state index contributed by atoms with van der Waals surface area (Å²) in [4.78, 5) is 17.0. The zero-order chi connectivity index (χ0) is 21.8. The fourth-order valence-electron chi connectivity index (χ4n) is 4.27. The molecule has 2 fully saturated rings. The molecule has 0 unspecified atom stereocenters. The lowest BCUT2D eigenvalue weighted by Crippen LogP contribution is -2.51. The molecule has 2 aliphatic heterocycles. The van der Waals surface area contributed by atoms with Gasteiger partial charge in [-0.05, 0) is 49.2 Å². The Morgan fingerprint density at radius 1 is 0.968 bits per heavy atom. The Balaban J connectivity index is 1.36. The number of aliphatic hydroxyl groups is 1. The first-order valence-corrected chi connectivity index (χ1v) is 10.8. The van der Waals surface area contributed by atoms with Crippen LogP contribution in [0.5, 0.6) is 17.2 Å². The molecule has 4 rings (SSSR count). The minimum atomic E-state index is -0.769. The Hall–Kier alpha value is -2.93. The molecule has 0 radical (unpaired) electrons. The van der Waals surface area contributed by atoms with Gasteiger partial charge in [0.2, 0.25) is 0 Å². The van der Waals surface area contributed by atoms with Crippen LogP contribution in [0.4, 0.5) is 5.69 Å². The molecule has 1 N–H and O–H groups in total. The maximum Gasteiger partial charge on any atom is 0.253 e. The number of carbonyl (C=O) groups is 1. The second-order valence-corrected chi connectivity index (χ2v) is 8.02. The number of amides is 1. The van der Waals surface area contributed by atoms with Gasteiger partial charge in [-0.2, -0.15) is 0 Å². The summed E-state index contributed by atoms with van der Waals surface area (Å²) in [6.45, 7) is 2.92. The van der Waals surface area contributed by atoms with Crippen LogP contribution in [-0.2, 0) is 0 Å². The Morgan fingerprint density at radius 2 is 1.68 bits per heavy atom. The molecule has 2 saturated heterocycles. The summed E-state index contributed by atoms with van der Waals surface area (Å²) in [5.41, 5.74) is 1.81. The van der Waals surface area contributed by atoms with Crippen molar-refractivity contribution < 1.29 is 24.1 Å². The van der Waals surface area contributed by atoms with Gasteiger partial charge in [0, 0.05) is 43.4 Å². The lowest BCUT2D eigenvalue weighted by molar-refractivity contribution is -0.0199. The van der Waals surface area contributed by atoms with Crippen molar-refractivity contribution in [3.63, 3.8) is 0 Å². The Kier molecular flexibility index (Phi) is 6.51. The highest BCUT2D eigenvalue weighted by molar-refractivity contribution is 5.94. The number of nitrogens with zero attached hydrogens (tertiary/aromatic N) is 2. The third-order valence-electron chi connectivity index (χ3n) is 6.04. The largest absolute Gasteiger partial charge is 0.493 e. The number of piperidine rings is 1. The standard InChI is InChI=1S/C24H30N2O5/c1-29-22-10-9-19(15-23(22)30-2)31-21-11-14-26(16-20(21)27)24(28)17-5-7-18(8-6-17)25-12-3-4-13-25/h5-10,15,20-21,27H,3-4,11-14,16H2,1-2H3/t20-,21-/m1/s1. The van der Waals surface area contributed by atoms with Gasteiger partial charge in [0.1, 0.15) is 18.0 Å². The molecule has 2 aromatic carbocycles. The van der Waals surface area contributed by atoms with Crippen molar-refractivity contribution >= 4 is 11.6 Å². The number of aliphatic hydroxyl groups excluding tert-OH is 1. The maximum absolute atomic E-state index is 12.9. The highest BCUT2D eigenvalue weighted by Gasteiger charge is 2.32. The van der Waals surface area contributed by atoms with Crippen LogP contribution < -0.4 is 19.1 Å². The van der Waals surface area contributed by atoms with E-state index in [0.29, 0.717) is 35.8 Å². The van der Waals surface area contributed by atoms with Crippen molar-refractivity contribution in [2.75, 3.05) is 45.3 Å². The molecule has 1 amide bonds. The Labute approximate surface area is 183 Å². The van der Waals surface area contributed by atoms with Gasteiger partial charge in [-0.3, -0.25) is 4.79 Å². The quantitative estimate of drug-likeness (QED) is 0.766. The van der Waals surface area contributed by atoms with Crippen LogP contribution in [0.2, 0.25) is 0 Å². The monoisotopic (exact) mass is 426 g/mol. The number of anilines is 1. The molecule has 2 aliphatic rings. The Bertz CT molecular complexity index is 895. The molecule has 0 aliphatic carbocycles. The van der Waals surface area contributed by atoms with E-state index < -0.39 is 6.10 Å². The molecule has 0 spiro atoms. The smallest absolute Gasteiger partial charge is 0.253 e. The van der Waals surface area contributed by atoms with Crippen molar-refractivity contribution in [3.05, 3.63) is 48.0 Å². The van der Waals surface area contributed by atoms with Crippen molar-refractivity contribution in [3.8, 4) is 17.2 Å². The summed E-state index contributed by atoms with van der Waals surface area (Å²) in [7, 11) is 3.15. The number of likely N-dealkylation sites (tertiary alicyclic amines) is 1. The number of methoxy groups -OCH3 is 2. The molecule has 2 aromatic rings. The van der Waals surface area contributed by atoms with Gasteiger partial charge in [-0.1, -0.05) is 0 Å². The molecule has 7 heteroatoms. The zero-order valence-electron chi connectivity index (χ0n) is 18.1. The van der Waals surface area contributed by atoms with E-state index in [-0.39, 0.29) is 18.6 Å². The zero-order valence-corrected chi connectivity index (χ0v) is 18.1. The van der Waals surface area contributed by atoms with Crippen molar-refractivity contribution in [2.24, 2.45) is 0 Å². The number of β-amino-alcohol motifs (C(OH)–C–C–N with tert-alkyl or cyclic N) is 1. The molecule has 0 bridgehead atoms. The fourth-order valence-corrected chi connectivity index (χ4v) is 4.27. The van der Waals surface area contributed by atoms with E-state index in [1.54, 1.807) is 37.3 Å². The van der Waals surface area contributed by atoms with E-state index in [4.69, 9.17) is 14.2 Å². The number of ether oxygens (including phenoxy) is 3. The van der Waals surface area contributed by atoms with Crippen LogP contribution >= 0.6 is 0 Å². The summed E-state index contributed by atoms with van der Waals surface area (Å²) in [6.07, 6.45) is 1.83. The van der Waals surface area contributed by atoms with Gasteiger partial charge in [-0.25, -0.2) is 0 Å². The second-order valence-electron chi connectivity index (χ2n) is 8.02. The average molecular weight is 427 g/mol. The normalized spacial score (nSPS) is 21.1. The first kappa shape index (κ1) is 21.3. The van der Waals surface area contributed by atoms with Gasteiger partial charge in [0.25, 0.3) is 5.91 Å². The first-order chi connectivity index (χ1) is 15.1. The molecular formula is C24H30N2O5. The van der Waals surface area contributed by atoms with Crippen LogP contribution in [0.15, 0.2) is 42.5 Å². The molecule has 0 aromatic heterocycles. The van der Waals surface area contributed by atoms with Crippen LogP contribution in [0.3, 0.4) is 0 Å². The number of benzene rings is 2. The van der Waals surface area contributed by atoms with Crippen LogP contribution in [-0.4, -0.2) is 68.5 Å². The molecule has 2 atom stereocenters. The van der Waals surface area contributed by atoms with Gasteiger partial charge < -0.3 is 29.1 Å². The van der Waals surface area contributed by atoms with E-state index in [1.807, 2.05) is 24.3 Å². The minimum absolute atomic E-state index is 0.0587. The minimum Gasteiger partial charge on any atom is -0.493 e. The van der Waals surface area contributed by atoms with E-state index >= 15 is 0 Å². The third-order valence-corrected chi connectivity index (χ3v) is 6.04. The topological polar surface area (TPSA) is 71.5 Å². The number of rotatable bonds is 6. The van der Waals surface area contributed by atoms with Crippen LogP contribution in [0.1, 0.15) is 29.6 Å². The van der Waals surface area contributed by atoms with Gasteiger partial charge in [0.15, 0.2) is 11.5 Å². The maximum atomic E-state index is 12.9. The van der Waals surface area contributed by atoms with Gasteiger partial charge in [-0.15, -0.1) is 0 Å². The van der Waals surface area contributed by atoms with E-state index in [0.717, 1.165) is 18.8 Å². The summed E-state index contributed by atoms with van der Waals surface area (Å²) in [6, 6.07) is 13.1. The van der Waals surface area contributed by atoms with Crippen molar-refractivity contribution in [1.82, 2.24) is 4.90 Å². The lowest BCUT2D eigenvalue weighted by atomic mass is 10.0. The predicted molar refractivity (Wildman–Crippen MR) is 118 cm³/mol. The molecule has 166 valence electrons.